The number of rotatable bonds is 4. The number of aldehydes is 1. The van der Waals surface area contributed by atoms with Crippen LogP contribution < -0.4 is 0 Å². The molecular weight excluding hydrogens is 120 g/mol. The fourth-order valence-electron chi connectivity index (χ4n) is 0.379. The van der Waals surface area contributed by atoms with Crippen LogP contribution in [0.15, 0.2) is 0 Å². The maximum Gasteiger partial charge on any atom is 0.293 e. The van der Waals surface area contributed by atoms with Gasteiger partial charge in [-0.3, -0.25) is 4.79 Å². The van der Waals surface area contributed by atoms with Crippen LogP contribution in [0.25, 0.3) is 0 Å². The van der Waals surface area contributed by atoms with Crippen LogP contribution in [0.2, 0.25) is 0 Å². The predicted octanol–water partition coefficient (Wildman–Crippen LogP) is 0.527. The maximum absolute atomic E-state index is 9.90. The minimum absolute atomic E-state index is 0.242. The highest BCUT2D eigenvalue weighted by atomic mass is 16.5. The van der Waals surface area contributed by atoms with Crippen LogP contribution in [-0.2, 0) is 14.3 Å². The Morgan fingerprint density at radius 1 is 1.44 bits per heavy atom. The molecule has 0 radical (unpaired) electrons. The summed E-state index contributed by atoms with van der Waals surface area (Å²) in [6.45, 7) is 3.70. The van der Waals surface area contributed by atoms with Gasteiger partial charge < -0.3 is 9.53 Å². The van der Waals surface area contributed by atoms with Crippen molar-refractivity contribution in [1.29, 1.82) is 0 Å². The third-order valence-electron chi connectivity index (χ3n) is 0.942. The van der Waals surface area contributed by atoms with Crippen molar-refractivity contribution in [3.05, 3.63) is 0 Å². The number of carbonyl (C=O) groups excluding carboxylic acids is 2. The predicted molar refractivity (Wildman–Crippen MR) is 31.9 cm³/mol. The molecule has 0 aromatic carbocycles. The third kappa shape index (κ3) is 3.70. The van der Waals surface area contributed by atoms with Crippen molar-refractivity contribution < 1.29 is 14.3 Å². The molecule has 52 valence electrons. The Bertz CT molecular complexity index is 94.9. The van der Waals surface area contributed by atoms with Crippen LogP contribution >= 0.6 is 0 Å². The Kier molecular flexibility index (Phi) is 2.91. The summed E-state index contributed by atoms with van der Waals surface area (Å²) in [7, 11) is 0. The summed E-state index contributed by atoms with van der Waals surface area (Å²) in [6.07, 6.45) is 0.967. The normalized spacial score (nSPS) is 10.4. The van der Waals surface area contributed by atoms with Gasteiger partial charge in [0.15, 0.2) is 0 Å². The number of carbonyl (C=O) groups is 2. The first-order valence-electron chi connectivity index (χ1n) is 2.67. The van der Waals surface area contributed by atoms with Crippen LogP contribution in [0.4, 0.5) is 0 Å². The maximum atomic E-state index is 9.90. The fourth-order valence-corrected chi connectivity index (χ4v) is 0.379. The summed E-state index contributed by atoms with van der Waals surface area (Å²) in [4.78, 5) is 19.7. The lowest BCUT2D eigenvalue weighted by Gasteiger charge is -2.18. The molecule has 0 aromatic rings. The second kappa shape index (κ2) is 3.22. The highest BCUT2D eigenvalue weighted by molar-refractivity contribution is 5.52. The Morgan fingerprint density at radius 3 is 2.33 bits per heavy atom. The van der Waals surface area contributed by atoms with E-state index >= 15 is 0 Å². The van der Waals surface area contributed by atoms with E-state index < -0.39 is 5.60 Å². The molecule has 0 amide bonds. The van der Waals surface area contributed by atoms with Crippen molar-refractivity contribution in [2.45, 2.75) is 25.9 Å². The largest absolute Gasteiger partial charge is 0.461 e. The lowest BCUT2D eigenvalue weighted by molar-refractivity contribution is -0.141. The molecule has 0 heterocycles. The second-order valence-electron chi connectivity index (χ2n) is 2.34. The van der Waals surface area contributed by atoms with Gasteiger partial charge in [0, 0.05) is 6.42 Å². The Balaban J connectivity index is 3.68. The fraction of sp³-hybridized carbons (Fsp3) is 0.667. The van der Waals surface area contributed by atoms with Crippen LogP contribution in [0.5, 0.6) is 0 Å². The van der Waals surface area contributed by atoms with E-state index in [0.29, 0.717) is 6.47 Å². The first-order chi connectivity index (χ1) is 4.12. The van der Waals surface area contributed by atoms with Gasteiger partial charge in [-0.25, -0.2) is 0 Å². The standard InChI is InChI=1S/C6H10O3/c1-6(2,3-4-7)9-5-8/h4-5H,3H2,1-2H3. The molecule has 0 spiro atoms. The van der Waals surface area contributed by atoms with E-state index in [4.69, 9.17) is 0 Å². The quantitative estimate of drug-likeness (QED) is 0.521. The van der Waals surface area contributed by atoms with Crippen LogP contribution in [0.3, 0.4) is 0 Å². The molecule has 0 aromatic heterocycles. The molecule has 0 fully saturated rings. The van der Waals surface area contributed by atoms with Crippen molar-refractivity contribution in [1.82, 2.24) is 0 Å². The lowest BCUT2D eigenvalue weighted by Crippen LogP contribution is -2.23. The van der Waals surface area contributed by atoms with E-state index in [1.54, 1.807) is 13.8 Å². The third-order valence-corrected chi connectivity index (χ3v) is 0.942. The molecule has 0 bridgehead atoms. The zero-order valence-electron chi connectivity index (χ0n) is 5.59. The highest BCUT2D eigenvalue weighted by Crippen LogP contribution is 2.09. The van der Waals surface area contributed by atoms with Gasteiger partial charge in [-0.1, -0.05) is 0 Å². The van der Waals surface area contributed by atoms with E-state index in [1.807, 2.05) is 0 Å². The van der Waals surface area contributed by atoms with Gasteiger partial charge in [0.25, 0.3) is 6.47 Å². The molecule has 3 nitrogen and oxygen atoms in total. The van der Waals surface area contributed by atoms with Crippen molar-refractivity contribution in [2.75, 3.05) is 0 Å². The molecule has 0 saturated carbocycles. The Labute approximate surface area is 54.0 Å². The van der Waals surface area contributed by atoms with Gasteiger partial charge in [0.05, 0.1) is 0 Å². The van der Waals surface area contributed by atoms with Gasteiger partial charge in [0.1, 0.15) is 11.9 Å². The van der Waals surface area contributed by atoms with Crippen LogP contribution in [0, 0.1) is 0 Å². The smallest absolute Gasteiger partial charge is 0.293 e. The van der Waals surface area contributed by atoms with Crippen LogP contribution in [0.1, 0.15) is 20.3 Å². The van der Waals surface area contributed by atoms with Gasteiger partial charge >= 0.3 is 0 Å². The topological polar surface area (TPSA) is 43.4 Å². The molecule has 0 atom stereocenters. The van der Waals surface area contributed by atoms with Crippen molar-refractivity contribution in [3.8, 4) is 0 Å². The monoisotopic (exact) mass is 130 g/mol. The summed E-state index contributed by atoms with van der Waals surface area (Å²) >= 11 is 0. The van der Waals surface area contributed by atoms with Crippen molar-refractivity contribution >= 4 is 12.8 Å². The average Bonchev–Trinajstić information content (AvgIpc) is 1.64. The molecule has 9 heavy (non-hydrogen) atoms. The summed E-state index contributed by atoms with van der Waals surface area (Å²) < 4.78 is 4.56. The number of ether oxygens (including phenoxy) is 1. The molecule has 0 aliphatic heterocycles. The minimum atomic E-state index is -0.635. The second-order valence-corrected chi connectivity index (χ2v) is 2.34. The van der Waals surface area contributed by atoms with Gasteiger partial charge in [-0.05, 0) is 13.8 Å². The zero-order chi connectivity index (χ0) is 7.33. The van der Waals surface area contributed by atoms with E-state index in [-0.39, 0.29) is 6.42 Å². The first kappa shape index (κ1) is 8.14. The van der Waals surface area contributed by atoms with E-state index in [9.17, 15) is 9.59 Å². The molecular formula is C6H10O3. The molecule has 0 aliphatic rings. The Hall–Kier alpha value is -0.860. The lowest BCUT2D eigenvalue weighted by atomic mass is 10.1. The van der Waals surface area contributed by atoms with Crippen molar-refractivity contribution in [3.63, 3.8) is 0 Å². The summed E-state index contributed by atoms with van der Waals surface area (Å²) in [6, 6.07) is 0. The summed E-state index contributed by atoms with van der Waals surface area (Å²) in [5.74, 6) is 0. The van der Waals surface area contributed by atoms with Crippen LogP contribution in [-0.4, -0.2) is 18.4 Å². The summed E-state index contributed by atoms with van der Waals surface area (Å²) in [5.41, 5.74) is -0.635. The van der Waals surface area contributed by atoms with Crippen molar-refractivity contribution in [2.24, 2.45) is 0 Å². The molecule has 0 unspecified atom stereocenters. The van der Waals surface area contributed by atoms with Gasteiger partial charge in [-0.15, -0.1) is 0 Å². The molecule has 0 saturated heterocycles. The average molecular weight is 130 g/mol. The van der Waals surface area contributed by atoms with E-state index in [1.165, 1.54) is 0 Å². The zero-order valence-corrected chi connectivity index (χ0v) is 5.59. The van der Waals surface area contributed by atoms with E-state index in [0.717, 1.165) is 6.29 Å². The molecule has 0 aliphatic carbocycles. The van der Waals surface area contributed by atoms with E-state index in [2.05, 4.69) is 4.74 Å². The molecule has 3 heteroatoms. The SMILES string of the molecule is CC(C)(CC=O)OC=O. The van der Waals surface area contributed by atoms with Gasteiger partial charge in [-0.2, -0.15) is 0 Å². The molecule has 0 N–H and O–H groups in total. The molecule has 0 rings (SSSR count). The highest BCUT2D eigenvalue weighted by Gasteiger charge is 2.16. The summed E-state index contributed by atoms with van der Waals surface area (Å²) in [5, 5.41) is 0. The number of hydrogen-bond donors (Lipinski definition) is 0. The minimum Gasteiger partial charge on any atom is -0.461 e. The first-order valence-corrected chi connectivity index (χ1v) is 2.67. The Morgan fingerprint density at radius 2 is 2.00 bits per heavy atom. The number of hydrogen-bond acceptors (Lipinski definition) is 3. The van der Waals surface area contributed by atoms with Gasteiger partial charge in [0.2, 0.25) is 0 Å².